The van der Waals surface area contributed by atoms with E-state index in [0.29, 0.717) is 43.2 Å². The van der Waals surface area contributed by atoms with Gasteiger partial charge in [-0.25, -0.2) is 22.4 Å². The van der Waals surface area contributed by atoms with Crippen molar-refractivity contribution in [3.63, 3.8) is 0 Å². The van der Waals surface area contributed by atoms with E-state index in [1.807, 2.05) is 12.2 Å². The largest absolute Gasteiger partial charge is 0.444 e. The maximum Gasteiger partial charge on any atom is 0.410 e. The van der Waals surface area contributed by atoms with Crippen molar-refractivity contribution in [2.45, 2.75) is 132 Å². The number of carbonyl (C=O) groups excluding carboxylic acids is 5. The summed E-state index contributed by atoms with van der Waals surface area (Å²) in [5, 5.41) is 7.97. The smallest absolute Gasteiger partial charge is 0.410 e. The van der Waals surface area contributed by atoms with Gasteiger partial charge >= 0.3 is 12.1 Å². The molecule has 5 atom stereocenters. The number of hydrogen-bond donors (Lipinski definition) is 4. The molecule has 4 fully saturated rings. The van der Waals surface area contributed by atoms with E-state index >= 15 is 0 Å². The third-order valence-corrected chi connectivity index (χ3v) is 13.1. The van der Waals surface area contributed by atoms with E-state index in [-0.39, 0.29) is 38.5 Å². The summed E-state index contributed by atoms with van der Waals surface area (Å²) < 4.78 is 48.0. The molecule has 7 rings (SSSR count). The van der Waals surface area contributed by atoms with Crippen LogP contribution in [0.3, 0.4) is 0 Å². The zero-order valence-corrected chi connectivity index (χ0v) is 29.9. The topological polar surface area (TPSA) is 183 Å². The molecule has 1 aromatic carbocycles. The zero-order valence-electron chi connectivity index (χ0n) is 29.1. The van der Waals surface area contributed by atoms with Crippen LogP contribution in [-0.4, -0.2) is 89.6 Å². The van der Waals surface area contributed by atoms with Crippen molar-refractivity contribution in [2.24, 2.45) is 5.92 Å². The molecule has 1 saturated heterocycles. The van der Waals surface area contributed by atoms with Gasteiger partial charge in [0.1, 0.15) is 29.5 Å². The predicted octanol–water partition coefficient (Wildman–Crippen LogP) is 2.86. The van der Waals surface area contributed by atoms with Crippen LogP contribution < -0.4 is 20.7 Å². The summed E-state index contributed by atoms with van der Waals surface area (Å²) in [5.74, 6) is -2.92. The van der Waals surface area contributed by atoms with E-state index in [4.69, 9.17) is 4.74 Å². The van der Waals surface area contributed by atoms with E-state index in [2.05, 4.69) is 20.7 Å². The Morgan fingerprint density at radius 3 is 2.48 bits per heavy atom. The average molecular weight is 743 g/mol. The quantitative estimate of drug-likeness (QED) is 0.321. The molecule has 0 aromatic heterocycles. The SMILES string of the molecule is O=C(NC1CCCC1)N[C@H]1CCCCC/C=C\[C@@H]2C[C@@]2(C(=O)NS(=O)(=O)C2CC2)NC(=O)C2C[C@@H](OC(=O)N3Cc4cccc(F)c4C3)CN2C1=O. The fraction of sp³-hybridized carbons (Fsp3) is 0.639. The number of benzene rings is 1. The second-order valence-electron chi connectivity index (χ2n) is 15.1. The van der Waals surface area contributed by atoms with E-state index < -0.39 is 80.6 Å². The van der Waals surface area contributed by atoms with Crippen LogP contribution in [0.5, 0.6) is 0 Å². The molecule has 6 amide bonds. The van der Waals surface area contributed by atoms with Gasteiger partial charge in [0.2, 0.25) is 21.8 Å². The molecule has 52 heavy (non-hydrogen) atoms. The van der Waals surface area contributed by atoms with Crippen molar-refractivity contribution in [2.75, 3.05) is 6.54 Å². The van der Waals surface area contributed by atoms with E-state index in [1.54, 1.807) is 12.1 Å². The van der Waals surface area contributed by atoms with Gasteiger partial charge in [0, 0.05) is 30.5 Å². The number of amides is 6. The summed E-state index contributed by atoms with van der Waals surface area (Å²) >= 11 is 0. The number of hydrogen-bond acceptors (Lipinski definition) is 8. The van der Waals surface area contributed by atoms with Crippen LogP contribution in [0.15, 0.2) is 30.4 Å². The summed E-state index contributed by atoms with van der Waals surface area (Å²) in [7, 11) is -3.91. The number of ether oxygens (including phenoxy) is 1. The van der Waals surface area contributed by atoms with E-state index in [9.17, 15) is 36.8 Å². The van der Waals surface area contributed by atoms with Crippen LogP contribution in [0.1, 0.15) is 94.6 Å². The van der Waals surface area contributed by atoms with E-state index in [1.165, 1.54) is 15.9 Å². The van der Waals surface area contributed by atoms with Gasteiger partial charge in [-0.2, -0.15) is 0 Å². The number of fused-ring (bicyclic) bond motifs is 3. The highest BCUT2D eigenvalue weighted by molar-refractivity contribution is 7.91. The highest BCUT2D eigenvalue weighted by Gasteiger charge is 2.62. The lowest BCUT2D eigenvalue weighted by molar-refractivity contribution is -0.141. The van der Waals surface area contributed by atoms with Crippen molar-refractivity contribution in [3.8, 4) is 0 Å². The maximum absolute atomic E-state index is 14.4. The van der Waals surface area contributed by atoms with Crippen molar-refractivity contribution in [1.29, 1.82) is 0 Å². The van der Waals surface area contributed by atoms with Gasteiger partial charge in [0.05, 0.1) is 18.3 Å². The van der Waals surface area contributed by atoms with E-state index in [0.717, 1.165) is 38.5 Å². The summed E-state index contributed by atoms with van der Waals surface area (Å²) in [6.45, 7) is 0.000944. The number of allylic oxidation sites excluding steroid dienone is 1. The number of rotatable bonds is 6. The molecular formula is C36H47FN6O8S. The predicted molar refractivity (Wildman–Crippen MR) is 185 cm³/mol. The van der Waals surface area contributed by atoms with Gasteiger partial charge in [-0.1, -0.05) is 50.0 Å². The molecule has 282 valence electrons. The summed E-state index contributed by atoms with van der Waals surface area (Å²) in [5.41, 5.74) is -0.474. The minimum Gasteiger partial charge on any atom is -0.444 e. The Morgan fingerprint density at radius 2 is 1.73 bits per heavy atom. The molecule has 3 saturated carbocycles. The first-order valence-electron chi connectivity index (χ1n) is 18.6. The molecule has 1 unspecified atom stereocenters. The number of nitrogens with zero attached hydrogens (tertiary/aromatic N) is 2. The van der Waals surface area contributed by atoms with Crippen LogP contribution in [0.25, 0.3) is 0 Å². The Labute approximate surface area is 302 Å². The fourth-order valence-electron chi connectivity index (χ4n) is 8.03. The molecule has 3 aliphatic carbocycles. The van der Waals surface area contributed by atoms with Gasteiger partial charge in [0.15, 0.2) is 0 Å². The number of nitrogens with one attached hydrogen (secondary N) is 4. The lowest BCUT2D eigenvalue weighted by atomic mass is 10.0. The van der Waals surface area contributed by atoms with Crippen molar-refractivity contribution >= 4 is 39.9 Å². The molecular weight excluding hydrogens is 695 g/mol. The normalized spacial score (nSPS) is 30.2. The van der Waals surface area contributed by atoms with Gasteiger partial charge < -0.3 is 25.6 Å². The molecule has 3 heterocycles. The summed E-state index contributed by atoms with van der Waals surface area (Å²) in [4.78, 5) is 71.3. The first-order chi connectivity index (χ1) is 24.9. The first-order valence-corrected chi connectivity index (χ1v) is 20.1. The molecule has 0 spiro atoms. The molecule has 0 bridgehead atoms. The summed E-state index contributed by atoms with van der Waals surface area (Å²) in [6.07, 6.45) is 10.0. The second kappa shape index (κ2) is 14.7. The Kier molecular flexibility index (Phi) is 10.2. The fourth-order valence-corrected chi connectivity index (χ4v) is 9.39. The minimum absolute atomic E-state index is 0.0124. The third-order valence-electron chi connectivity index (χ3n) is 11.3. The molecule has 6 aliphatic rings. The third kappa shape index (κ3) is 7.76. The van der Waals surface area contributed by atoms with Gasteiger partial charge in [-0.05, 0) is 63.0 Å². The number of urea groups is 1. The Balaban J connectivity index is 1.12. The lowest BCUT2D eigenvalue weighted by Gasteiger charge is -2.30. The number of halogens is 1. The van der Waals surface area contributed by atoms with Crippen molar-refractivity contribution < 1.29 is 41.5 Å². The zero-order chi connectivity index (χ0) is 36.6. The maximum atomic E-state index is 14.4. The van der Waals surface area contributed by atoms with Crippen molar-refractivity contribution in [3.05, 3.63) is 47.3 Å². The van der Waals surface area contributed by atoms with Crippen LogP contribution in [0.4, 0.5) is 14.0 Å². The van der Waals surface area contributed by atoms with Crippen LogP contribution in [-0.2, 0) is 42.2 Å². The second-order valence-corrected chi connectivity index (χ2v) is 17.1. The first kappa shape index (κ1) is 36.2. The Bertz CT molecular complexity index is 1750. The standard InChI is InChI=1S/C36H47FN6O8S/c37-28-13-8-9-22-19-42(21-27(22)28)35(48)51-25-17-30-31(44)40-36(33(46)41-52(49,50)26-15-16-26)18-23(36)10-4-2-1-3-5-14-29(32(45)43(30)20-25)39-34(47)38-24-11-6-7-12-24/h4,8-10,13,23-26,29-30H,1-3,5-7,11-12,14-21H2,(H,40,44)(H,41,46)(H2,38,39,47)/b10-4-/t23-,25-,29+,30?,36-/m1/s1. The molecule has 3 aliphatic heterocycles. The molecule has 16 heteroatoms. The highest BCUT2D eigenvalue weighted by Crippen LogP contribution is 2.46. The van der Waals surface area contributed by atoms with Gasteiger partial charge in [0.25, 0.3) is 5.91 Å². The van der Waals surface area contributed by atoms with Crippen LogP contribution in [0, 0.1) is 11.7 Å². The van der Waals surface area contributed by atoms with Crippen LogP contribution in [0.2, 0.25) is 0 Å². The monoisotopic (exact) mass is 742 g/mol. The summed E-state index contributed by atoms with van der Waals surface area (Å²) in [6, 6.07) is 2.01. The molecule has 4 N–H and O–H groups in total. The molecule has 14 nitrogen and oxygen atoms in total. The number of carbonyl (C=O) groups is 5. The Hall–Kier alpha value is -4.21. The molecule has 0 radical (unpaired) electrons. The van der Waals surface area contributed by atoms with Gasteiger partial charge in [-0.3, -0.25) is 24.0 Å². The van der Waals surface area contributed by atoms with Crippen LogP contribution >= 0.6 is 0 Å². The minimum atomic E-state index is -3.91. The van der Waals surface area contributed by atoms with Gasteiger partial charge in [-0.15, -0.1) is 0 Å². The van der Waals surface area contributed by atoms with Crippen molar-refractivity contribution in [1.82, 2.24) is 30.5 Å². The average Bonchev–Trinajstić information content (AvgIpc) is 3.88. The number of sulfonamides is 1. The Morgan fingerprint density at radius 1 is 0.962 bits per heavy atom. The highest BCUT2D eigenvalue weighted by atomic mass is 32.2. The molecule has 1 aromatic rings. The lowest BCUT2D eigenvalue weighted by Crippen LogP contribution is -2.59.